The van der Waals surface area contributed by atoms with Crippen molar-refractivity contribution in [3.05, 3.63) is 71.3 Å². The van der Waals surface area contributed by atoms with Gasteiger partial charge in [-0.1, -0.05) is 96.7 Å². The van der Waals surface area contributed by atoms with Crippen molar-refractivity contribution < 1.29 is 9.47 Å². The Morgan fingerprint density at radius 1 is 0.737 bits per heavy atom. The van der Waals surface area contributed by atoms with Crippen LogP contribution in [0.25, 0.3) is 22.3 Å². The second-order valence-electron chi connectivity index (χ2n) is 11.9. The molecule has 204 valence electrons. The van der Waals surface area contributed by atoms with Crippen molar-refractivity contribution in [3.63, 3.8) is 0 Å². The first kappa shape index (κ1) is 28.2. The summed E-state index contributed by atoms with van der Waals surface area (Å²) >= 11 is 0. The minimum atomic E-state index is -0.740. The number of methoxy groups -OCH3 is 2. The van der Waals surface area contributed by atoms with E-state index in [0.29, 0.717) is 0 Å². The topological polar surface area (TPSA) is 70.5 Å². The molecule has 0 radical (unpaired) electrons. The van der Waals surface area contributed by atoms with Crippen molar-refractivity contribution in [1.82, 2.24) is 0 Å². The standard InChI is InChI=1S/C34H46N2O2/c1-8-10-20-33(37-6)28-22-25(35)16-17-26(28)27-18-19-29(36)30(31(27)34(33,38-7)21-11-9-2)23-12-14-24(15-13-23)32(3,4)5/h12-19,22H,8-11,20-21,35-36H2,1-7H3. The summed E-state index contributed by atoms with van der Waals surface area (Å²) in [7, 11) is 3.67. The Morgan fingerprint density at radius 2 is 1.32 bits per heavy atom. The van der Waals surface area contributed by atoms with E-state index < -0.39 is 11.2 Å². The maximum absolute atomic E-state index is 6.86. The molecule has 3 aromatic rings. The van der Waals surface area contributed by atoms with Gasteiger partial charge >= 0.3 is 0 Å². The van der Waals surface area contributed by atoms with Gasteiger partial charge in [0.15, 0.2) is 0 Å². The number of rotatable bonds is 9. The Hall–Kier alpha value is -2.82. The molecule has 0 amide bonds. The third-order valence-electron chi connectivity index (χ3n) is 8.56. The quantitative estimate of drug-likeness (QED) is 0.281. The summed E-state index contributed by atoms with van der Waals surface area (Å²) in [5, 5.41) is 0. The fourth-order valence-corrected chi connectivity index (χ4v) is 6.52. The number of fused-ring (bicyclic) bond motifs is 3. The number of unbranched alkanes of at least 4 members (excludes halogenated alkanes) is 2. The number of nitrogens with two attached hydrogens (primary N) is 2. The lowest BCUT2D eigenvalue weighted by Gasteiger charge is -2.54. The van der Waals surface area contributed by atoms with Gasteiger partial charge in [0.1, 0.15) is 11.2 Å². The lowest BCUT2D eigenvalue weighted by atomic mass is 9.60. The van der Waals surface area contributed by atoms with E-state index in [-0.39, 0.29) is 5.41 Å². The lowest BCUT2D eigenvalue weighted by Crippen LogP contribution is -2.54. The molecule has 4 rings (SSSR count). The van der Waals surface area contributed by atoms with E-state index in [2.05, 4.69) is 77.1 Å². The van der Waals surface area contributed by atoms with Crippen molar-refractivity contribution in [2.45, 2.75) is 89.8 Å². The van der Waals surface area contributed by atoms with Gasteiger partial charge in [-0.15, -0.1) is 0 Å². The maximum atomic E-state index is 6.86. The normalized spacial score (nSPS) is 20.7. The van der Waals surface area contributed by atoms with Crippen molar-refractivity contribution in [2.24, 2.45) is 0 Å². The summed E-state index contributed by atoms with van der Waals surface area (Å²) in [5.74, 6) is 0. The van der Waals surface area contributed by atoms with E-state index in [9.17, 15) is 0 Å². The molecule has 3 aromatic carbocycles. The molecule has 0 aromatic heterocycles. The Morgan fingerprint density at radius 3 is 1.87 bits per heavy atom. The molecular formula is C34H46N2O2. The average molecular weight is 515 g/mol. The molecule has 0 saturated heterocycles. The zero-order valence-electron chi connectivity index (χ0n) is 24.4. The zero-order valence-corrected chi connectivity index (χ0v) is 24.4. The van der Waals surface area contributed by atoms with Gasteiger partial charge in [-0.2, -0.15) is 0 Å². The van der Waals surface area contributed by atoms with Crippen molar-refractivity contribution in [2.75, 3.05) is 25.7 Å². The molecule has 0 bridgehead atoms. The summed E-state index contributed by atoms with van der Waals surface area (Å²) in [6, 6.07) is 19.3. The van der Waals surface area contributed by atoms with Crippen LogP contribution in [0.15, 0.2) is 54.6 Å². The third-order valence-corrected chi connectivity index (χ3v) is 8.56. The molecule has 1 aliphatic carbocycles. The van der Waals surface area contributed by atoms with Gasteiger partial charge in [-0.3, -0.25) is 0 Å². The lowest BCUT2D eigenvalue weighted by molar-refractivity contribution is -0.209. The highest BCUT2D eigenvalue weighted by atomic mass is 16.5. The molecule has 2 unspecified atom stereocenters. The fraction of sp³-hybridized carbons (Fsp3) is 0.471. The number of benzene rings is 3. The average Bonchev–Trinajstić information content (AvgIpc) is 2.90. The highest BCUT2D eigenvalue weighted by Crippen LogP contribution is 2.62. The third kappa shape index (κ3) is 4.42. The number of hydrogen-bond donors (Lipinski definition) is 2. The molecule has 1 aliphatic rings. The second-order valence-corrected chi connectivity index (χ2v) is 11.9. The number of ether oxygens (including phenoxy) is 2. The van der Waals surface area contributed by atoms with Crippen molar-refractivity contribution in [1.29, 1.82) is 0 Å². The van der Waals surface area contributed by atoms with Crippen LogP contribution >= 0.6 is 0 Å². The highest BCUT2D eigenvalue weighted by Gasteiger charge is 2.59. The smallest absolute Gasteiger partial charge is 0.127 e. The van der Waals surface area contributed by atoms with Gasteiger partial charge in [-0.05, 0) is 64.3 Å². The van der Waals surface area contributed by atoms with Crippen LogP contribution in [-0.4, -0.2) is 14.2 Å². The number of anilines is 2. The molecule has 4 nitrogen and oxygen atoms in total. The van der Waals surface area contributed by atoms with E-state index in [1.807, 2.05) is 26.4 Å². The largest absolute Gasteiger partial charge is 0.399 e. The number of nitrogen functional groups attached to an aromatic ring is 2. The zero-order chi connectivity index (χ0) is 27.7. The molecule has 0 heterocycles. The van der Waals surface area contributed by atoms with E-state index in [1.165, 1.54) is 5.56 Å². The highest BCUT2D eigenvalue weighted by molar-refractivity contribution is 5.91. The van der Waals surface area contributed by atoms with Gasteiger partial charge in [-0.25, -0.2) is 0 Å². The molecule has 2 atom stereocenters. The molecular weight excluding hydrogens is 468 g/mol. The van der Waals surface area contributed by atoms with Crippen LogP contribution in [0.2, 0.25) is 0 Å². The minimum absolute atomic E-state index is 0.0713. The fourth-order valence-electron chi connectivity index (χ4n) is 6.52. The van der Waals surface area contributed by atoms with E-state index >= 15 is 0 Å². The first-order valence-electron chi connectivity index (χ1n) is 14.1. The Labute approximate surface area is 229 Å². The number of hydrogen-bond acceptors (Lipinski definition) is 4. The molecule has 0 saturated carbocycles. The first-order chi connectivity index (χ1) is 18.1. The van der Waals surface area contributed by atoms with Crippen LogP contribution in [0.4, 0.5) is 11.4 Å². The molecule has 0 aliphatic heterocycles. The van der Waals surface area contributed by atoms with E-state index in [4.69, 9.17) is 20.9 Å². The predicted octanol–water partition coefficient (Wildman–Crippen LogP) is 8.56. The molecule has 38 heavy (non-hydrogen) atoms. The summed E-state index contributed by atoms with van der Waals surface area (Å²) in [5.41, 5.74) is 21.4. The van der Waals surface area contributed by atoms with Crippen LogP contribution in [0.1, 0.15) is 89.8 Å². The van der Waals surface area contributed by atoms with Crippen LogP contribution in [0.3, 0.4) is 0 Å². The summed E-state index contributed by atoms with van der Waals surface area (Å²) in [6.45, 7) is 11.2. The van der Waals surface area contributed by atoms with Crippen molar-refractivity contribution in [3.8, 4) is 22.3 Å². The molecule has 4 N–H and O–H groups in total. The van der Waals surface area contributed by atoms with Crippen LogP contribution < -0.4 is 11.5 Å². The van der Waals surface area contributed by atoms with Gasteiger partial charge < -0.3 is 20.9 Å². The predicted molar refractivity (Wildman–Crippen MR) is 161 cm³/mol. The van der Waals surface area contributed by atoms with Gasteiger partial charge in [0, 0.05) is 36.7 Å². The Bertz CT molecular complexity index is 1270. The summed E-state index contributed by atoms with van der Waals surface area (Å²) in [6.07, 6.45) is 5.75. The van der Waals surface area contributed by atoms with Crippen LogP contribution in [0, 0.1) is 0 Å². The van der Waals surface area contributed by atoms with Gasteiger partial charge in [0.2, 0.25) is 0 Å². The molecule has 4 heteroatoms. The Balaban J connectivity index is 2.14. The van der Waals surface area contributed by atoms with E-state index in [0.717, 1.165) is 83.3 Å². The minimum Gasteiger partial charge on any atom is -0.399 e. The van der Waals surface area contributed by atoms with Crippen molar-refractivity contribution >= 4 is 11.4 Å². The monoisotopic (exact) mass is 514 g/mol. The van der Waals surface area contributed by atoms with E-state index in [1.54, 1.807) is 0 Å². The van der Waals surface area contributed by atoms with Crippen LogP contribution in [-0.2, 0) is 26.1 Å². The molecule has 0 spiro atoms. The SMILES string of the molecule is CCCCC1(OC)c2cc(N)ccc2-c2ccc(N)c(-c3ccc(C(C)(C)C)cc3)c2C1(CCCC)OC. The van der Waals surface area contributed by atoms with Gasteiger partial charge in [0.05, 0.1) is 0 Å². The van der Waals surface area contributed by atoms with Gasteiger partial charge in [0.25, 0.3) is 0 Å². The summed E-state index contributed by atoms with van der Waals surface area (Å²) in [4.78, 5) is 0. The first-order valence-corrected chi connectivity index (χ1v) is 14.1. The van der Waals surface area contributed by atoms with Crippen LogP contribution in [0.5, 0.6) is 0 Å². The molecule has 0 fully saturated rings. The Kier molecular flexibility index (Phi) is 7.97. The summed E-state index contributed by atoms with van der Waals surface area (Å²) < 4.78 is 13.5. The second kappa shape index (κ2) is 10.7. The maximum Gasteiger partial charge on any atom is 0.127 e.